The first-order chi connectivity index (χ1) is 15.6. The molecule has 2 aromatic heterocycles. The van der Waals surface area contributed by atoms with Crippen molar-refractivity contribution in [2.24, 2.45) is 0 Å². The monoisotopic (exact) mass is 460 g/mol. The van der Waals surface area contributed by atoms with Gasteiger partial charge in [-0.2, -0.15) is 0 Å². The summed E-state index contributed by atoms with van der Waals surface area (Å²) < 4.78 is 31.4. The summed E-state index contributed by atoms with van der Waals surface area (Å²) in [6.07, 6.45) is 20.0. The molecule has 0 aliphatic carbocycles. The number of nitrogens with zero attached hydrogens (tertiary/aromatic N) is 2. The minimum Gasteiger partial charge on any atom is -0.297 e. The van der Waals surface area contributed by atoms with Crippen LogP contribution in [-0.4, -0.2) is 9.38 Å². The van der Waals surface area contributed by atoms with Crippen molar-refractivity contribution in [3.05, 3.63) is 47.4 Å². The molecule has 0 aliphatic heterocycles. The smallest absolute Gasteiger partial charge is 0.194 e. The lowest BCUT2D eigenvalue weighted by Gasteiger charge is -2.07. The van der Waals surface area contributed by atoms with Crippen molar-refractivity contribution in [1.82, 2.24) is 9.38 Å². The van der Waals surface area contributed by atoms with Gasteiger partial charge < -0.3 is 0 Å². The summed E-state index contributed by atoms with van der Waals surface area (Å²) >= 11 is 1.42. The summed E-state index contributed by atoms with van der Waals surface area (Å²) in [5.41, 5.74) is 1.91. The van der Waals surface area contributed by atoms with Gasteiger partial charge in [-0.3, -0.25) is 4.40 Å². The highest BCUT2D eigenvalue weighted by molar-refractivity contribution is 7.20. The van der Waals surface area contributed by atoms with Gasteiger partial charge in [-0.05, 0) is 31.2 Å². The number of aryl methyl sites for hydroxylation is 2. The fourth-order valence-electron chi connectivity index (χ4n) is 4.24. The minimum absolute atomic E-state index is 0.335. The largest absolute Gasteiger partial charge is 0.297 e. The van der Waals surface area contributed by atoms with Crippen LogP contribution in [0.25, 0.3) is 15.4 Å². The third-order valence-corrected chi connectivity index (χ3v) is 7.25. The Morgan fingerprint density at radius 2 is 1.38 bits per heavy atom. The third-order valence-electron chi connectivity index (χ3n) is 6.22. The number of thiazole rings is 1. The molecular weight excluding hydrogens is 422 g/mol. The van der Waals surface area contributed by atoms with Gasteiger partial charge in [0.1, 0.15) is 0 Å². The van der Waals surface area contributed by atoms with Gasteiger partial charge in [0.25, 0.3) is 0 Å². The third kappa shape index (κ3) is 6.87. The molecule has 0 radical (unpaired) electrons. The highest BCUT2D eigenvalue weighted by Gasteiger charge is 2.17. The van der Waals surface area contributed by atoms with Crippen molar-refractivity contribution in [1.29, 1.82) is 0 Å². The summed E-state index contributed by atoms with van der Waals surface area (Å²) in [7, 11) is 0. The minimum atomic E-state index is -0.733. The second kappa shape index (κ2) is 13.1. The maximum absolute atomic E-state index is 14.8. The second-order valence-electron chi connectivity index (χ2n) is 8.95. The first-order valence-electron chi connectivity index (χ1n) is 12.6. The predicted octanol–water partition coefficient (Wildman–Crippen LogP) is 9.15. The molecular formula is C27H38F2N2S. The molecule has 0 aliphatic rings. The Hall–Kier alpha value is -1.75. The van der Waals surface area contributed by atoms with Crippen molar-refractivity contribution in [3.8, 4) is 10.4 Å². The normalized spacial score (nSPS) is 11.6. The number of halogens is 2. The van der Waals surface area contributed by atoms with Gasteiger partial charge in [-0.25, -0.2) is 13.8 Å². The summed E-state index contributed by atoms with van der Waals surface area (Å²) in [5.74, 6) is -1.42. The lowest BCUT2D eigenvalue weighted by Crippen LogP contribution is -1.97. The van der Waals surface area contributed by atoms with Gasteiger partial charge >= 0.3 is 0 Å². The van der Waals surface area contributed by atoms with E-state index < -0.39 is 11.6 Å². The predicted molar refractivity (Wildman–Crippen MR) is 133 cm³/mol. The Bertz CT molecular complexity index is 929. The molecule has 0 saturated heterocycles. The average Bonchev–Trinajstić information content (AvgIpc) is 3.34. The van der Waals surface area contributed by atoms with Crippen LogP contribution in [0.3, 0.4) is 0 Å². The molecule has 0 N–H and O–H groups in total. The zero-order valence-electron chi connectivity index (χ0n) is 19.8. The van der Waals surface area contributed by atoms with E-state index in [0.717, 1.165) is 47.6 Å². The van der Waals surface area contributed by atoms with E-state index in [9.17, 15) is 8.78 Å². The number of hydrogen-bond donors (Lipinski definition) is 0. The van der Waals surface area contributed by atoms with Crippen LogP contribution in [-0.2, 0) is 12.8 Å². The van der Waals surface area contributed by atoms with Gasteiger partial charge in [0.15, 0.2) is 16.6 Å². The fraction of sp³-hybridized carbons (Fsp3) is 0.593. The SMILES string of the molecule is CCCCCCCCCc1cn2cc(-c3ccc(CCCCCCC)c(F)c3F)sc2n1. The summed E-state index contributed by atoms with van der Waals surface area (Å²) in [5, 5.41) is 0. The van der Waals surface area contributed by atoms with Crippen LogP contribution in [0, 0.1) is 11.6 Å². The standard InChI is InChI=1S/C27H38F2N2S/c1-3-5-7-9-10-12-14-16-22-19-31-20-24(32-27(31)30-22)23-18-17-21(25(28)26(23)29)15-13-11-8-6-4-2/h17-20H,3-16H2,1-2H3. The lowest BCUT2D eigenvalue weighted by atomic mass is 10.0. The van der Waals surface area contributed by atoms with E-state index in [1.54, 1.807) is 12.1 Å². The first kappa shape index (κ1) is 24.9. The molecule has 176 valence electrons. The number of fused-ring (bicyclic) bond motifs is 1. The molecule has 3 aromatic rings. The van der Waals surface area contributed by atoms with E-state index in [2.05, 4.69) is 13.8 Å². The second-order valence-corrected chi connectivity index (χ2v) is 9.96. The van der Waals surface area contributed by atoms with E-state index >= 15 is 0 Å². The summed E-state index contributed by atoms with van der Waals surface area (Å²) in [6.45, 7) is 4.42. The maximum atomic E-state index is 14.8. The molecule has 2 heterocycles. The van der Waals surface area contributed by atoms with E-state index in [-0.39, 0.29) is 0 Å². The maximum Gasteiger partial charge on any atom is 0.194 e. The lowest BCUT2D eigenvalue weighted by molar-refractivity contribution is 0.497. The van der Waals surface area contributed by atoms with Crippen LogP contribution in [0.4, 0.5) is 8.78 Å². The number of unbranched alkanes of at least 4 members (excludes halogenated alkanes) is 10. The van der Waals surface area contributed by atoms with Crippen molar-refractivity contribution in [3.63, 3.8) is 0 Å². The van der Waals surface area contributed by atoms with E-state index in [1.807, 2.05) is 16.8 Å². The van der Waals surface area contributed by atoms with Crippen molar-refractivity contribution < 1.29 is 8.78 Å². The van der Waals surface area contributed by atoms with Crippen LogP contribution in [0.15, 0.2) is 24.5 Å². The summed E-state index contributed by atoms with van der Waals surface area (Å²) in [4.78, 5) is 6.27. The van der Waals surface area contributed by atoms with Crippen molar-refractivity contribution in [2.75, 3.05) is 0 Å². The average molecular weight is 461 g/mol. The molecule has 32 heavy (non-hydrogen) atoms. The van der Waals surface area contributed by atoms with Crippen molar-refractivity contribution in [2.45, 2.75) is 104 Å². The molecule has 0 fully saturated rings. The van der Waals surface area contributed by atoms with Crippen LogP contribution in [0.5, 0.6) is 0 Å². The van der Waals surface area contributed by atoms with Gasteiger partial charge in [0.05, 0.1) is 10.6 Å². The molecule has 0 atom stereocenters. The number of hydrogen-bond acceptors (Lipinski definition) is 2. The molecule has 5 heteroatoms. The Balaban J connectivity index is 1.56. The summed E-state index contributed by atoms with van der Waals surface area (Å²) in [6, 6.07) is 3.48. The first-order valence-corrected chi connectivity index (χ1v) is 13.4. The van der Waals surface area contributed by atoms with Crippen LogP contribution in [0.2, 0.25) is 0 Å². The Morgan fingerprint density at radius 3 is 2.03 bits per heavy atom. The van der Waals surface area contributed by atoms with Crippen LogP contribution >= 0.6 is 11.3 Å². The number of aromatic nitrogens is 2. The van der Waals surface area contributed by atoms with Crippen molar-refractivity contribution >= 4 is 16.3 Å². The number of benzene rings is 1. The molecule has 0 amide bonds. The topological polar surface area (TPSA) is 17.3 Å². The highest BCUT2D eigenvalue weighted by atomic mass is 32.1. The quantitative estimate of drug-likeness (QED) is 0.207. The van der Waals surface area contributed by atoms with E-state index in [4.69, 9.17) is 4.98 Å². The molecule has 0 unspecified atom stereocenters. The van der Waals surface area contributed by atoms with Gasteiger partial charge in [0.2, 0.25) is 0 Å². The number of imidazole rings is 1. The zero-order chi connectivity index (χ0) is 22.8. The Labute approximate surface area is 196 Å². The zero-order valence-corrected chi connectivity index (χ0v) is 20.6. The Kier molecular flexibility index (Phi) is 10.2. The molecule has 3 rings (SSSR count). The molecule has 0 spiro atoms. The van der Waals surface area contributed by atoms with E-state index in [0.29, 0.717) is 17.5 Å². The van der Waals surface area contributed by atoms with Gasteiger partial charge in [0, 0.05) is 18.0 Å². The highest BCUT2D eigenvalue weighted by Crippen LogP contribution is 2.33. The Morgan fingerprint density at radius 1 is 0.750 bits per heavy atom. The fourth-order valence-corrected chi connectivity index (χ4v) is 5.25. The molecule has 0 saturated carbocycles. The van der Waals surface area contributed by atoms with Gasteiger partial charge in [-0.15, -0.1) is 0 Å². The van der Waals surface area contributed by atoms with Crippen LogP contribution in [0.1, 0.15) is 102 Å². The van der Waals surface area contributed by atoms with Crippen LogP contribution < -0.4 is 0 Å². The van der Waals surface area contributed by atoms with Gasteiger partial charge in [-0.1, -0.05) is 102 Å². The molecule has 1 aromatic carbocycles. The molecule has 0 bridgehead atoms. The van der Waals surface area contributed by atoms with E-state index in [1.165, 1.54) is 62.7 Å². The number of rotatable bonds is 15. The molecule has 2 nitrogen and oxygen atoms in total.